The van der Waals surface area contributed by atoms with Gasteiger partial charge in [-0.1, -0.05) is 69.3 Å². The molecule has 1 N–H and O–H groups in total. The first-order chi connectivity index (χ1) is 17.8. The Morgan fingerprint density at radius 2 is 1.63 bits per heavy atom. The summed E-state index contributed by atoms with van der Waals surface area (Å²) < 4.78 is 2.15. The molecular weight excluding hydrogens is 655 g/mol. The van der Waals surface area contributed by atoms with Gasteiger partial charge in [0.1, 0.15) is 11.5 Å². The summed E-state index contributed by atoms with van der Waals surface area (Å²) in [4.78, 5) is 25.9. The van der Waals surface area contributed by atoms with E-state index in [1.54, 1.807) is 6.07 Å². The van der Waals surface area contributed by atoms with E-state index in [0.717, 1.165) is 44.6 Å². The molecule has 192 valence electrons. The fraction of sp³-hybridized carbons (Fsp3) is 0.129. The number of carbonyl (C=O) groups is 1. The van der Waals surface area contributed by atoms with Gasteiger partial charge in [-0.3, -0.25) is 4.57 Å². The third-order valence-corrected chi connectivity index (χ3v) is 6.65. The van der Waals surface area contributed by atoms with Gasteiger partial charge in [-0.05, 0) is 52.8 Å². The molecule has 6 nitrogen and oxygen atoms in total. The molecule has 0 saturated heterocycles. The van der Waals surface area contributed by atoms with Gasteiger partial charge in [-0.25, -0.2) is 14.8 Å². The number of carboxylic acid groups (broad SMARTS) is 1. The van der Waals surface area contributed by atoms with Crippen LogP contribution in [0.25, 0.3) is 50.3 Å². The SMILES string of the molecule is CC(C)(C)c1cc(-c2nc3c(-c4cccc(C(=O)O)n4)cccc3n2-c2ccccc2)c2[n-]ccc2c1.[Pt]. The Balaban J connectivity index is 0.00000294. The van der Waals surface area contributed by atoms with Crippen LogP contribution in [-0.2, 0) is 26.5 Å². The number of aromatic carboxylic acids is 1. The van der Waals surface area contributed by atoms with E-state index in [1.807, 2.05) is 54.7 Å². The average Bonchev–Trinajstić information content (AvgIpc) is 3.53. The third kappa shape index (κ3) is 4.35. The minimum Gasteiger partial charge on any atom is -0.663 e. The second-order valence-electron chi connectivity index (χ2n) is 10.1. The van der Waals surface area contributed by atoms with Crippen LogP contribution in [0.4, 0.5) is 0 Å². The van der Waals surface area contributed by atoms with Crippen LogP contribution < -0.4 is 4.98 Å². The zero-order chi connectivity index (χ0) is 25.7. The molecule has 3 heterocycles. The fourth-order valence-corrected chi connectivity index (χ4v) is 4.75. The number of benzene rings is 3. The molecule has 38 heavy (non-hydrogen) atoms. The predicted molar refractivity (Wildman–Crippen MR) is 146 cm³/mol. The summed E-state index contributed by atoms with van der Waals surface area (Å²) in [6.07, 6.45) is 1.84. The molecule has 0 saturated carbocycles. The van der Waals surface area contributed by atoms with Crippen molar-refractivity contribution < 1.29 is 31.0 Å². The molecule has 6 aromatic rings. The van der Waals surface area contributed by atoms with Crippen molar-refractivity contribution in [1.82, 2.24) is 19.5 Å². The van der Waals surface area contributed by atoms with E-state index >= 15 is 0 Å². The van der Waals surface area contributed by atoms with Crippen LogP contribution in [-0.4, -0.2) is 25.6 Å². The number of para-hydroxylation sites is 2. The molecule has 3 aromatic heterocycles. The van der Waals surface area contributed by atoms with Crippen molar-refractivity contribution in [3.05, 3.63) is 102 Å². The summed E-state index contributed by atoms with van der Waals surface area (Å²) in [7, 11) is 0. The number of pyridine rings is 1. The topological polar surface area (TPSA) is 82.1 Å². The first-order valence-corrected chi connectivity index (χ1v) is 12.2. The number of rotatable bonds is 4. The van der Waals surface area contributed by atoms with Gasteiger partial charge >= 0.3 is 5.97 Å². The summed E-state index contributed by atoms with van der Waals surface area (Å²) in [6.45, 7) is 6.61. The molecule has 0 bridgehead atoms. The second-order valence-corrected chi connectivity index (χ2v) is 10.1. The minimum absolute atomic E-state index is 0. The summed E-state index contributed by atoms with van der Waals surface area (Å²) >= 11 is 0. The van der Waals surface area contributed by atoms with Gasteiger partial charge in [0.05, 0.1) is 16.7 Å². The van der Waals surface area contributed by atoms with Crippen molar-refractivity contribution in [2.75, 3.05) is 0 Å². The van der Waals surface area contributed by atoms with Gasteiger partial charge < -0.3 is 10.1 Å². The number of carboxylic acids is 1. The maximum absolute atomic E-state index is 11.6. The van der Waals surface area contributed by atoms with Crippen LogP contribution >= 0.6 is 0 Å². The quantitative estimate of drug-likeness (QED) is 0.220. The zero-order valence-electron chi connectivity index (χ0n) is 21.1. The molecule has 0 unspecified atom stereocenters. The predicted octanol–water partition coefficient (Wildman–Crippen LogP) is 6.86. The van der Waals surface area contributed by atoms with E-state index in [4.69, 9.17) is 9.97 Å². The number of fused-ring (bicyclic) bond motifs is 2. The standard InChI is InChI=1S/C31H26N4O2.Pt/c1-31(2,3)20-17-19-15-16-32-27(19)23(18-20)29-34-28-22(24-12-8-13-25(33-24)30(36)37)11-7-14-26(28)35(29)21-9-5-4-6-10-21;/h4-18H,1-3H3,(H2,32,33,34,36,37);/p-1. The first-order valence-electron chi connectivity index (χ1n) is 12.2. The maximum atomic E-state index is 11.6. The number of nitrogens with zero attached hydrogens (tertiary/aromatic N) is 4. The third-order valence-electron chi connectivity index (χ3n) is 6.65. The maximum Gasteiger partial charge on any atom is 0.354 e. The minimum atomic E-state index is -1.06. The van der Waals surface area contributed by atoms with Crippen molar-refractivity contribution in [2.45, 2.75) is 26.2 Å². The van der Waals surface area contributed by atoms with E-state index in [1.165, 1.54) is 11.6 Å². The largest absolute Gasteiger partial charge is 0.663 e. The average molecular weight is 681 g/mol. The smallest absolute Gasteiger partial charge is 0.354 e. The zero-order valence-corrected chi connectivity index (χ0v) is 23.4. The van der Waals surface area contributed by atoms with Gasteiger partial charge in [-0.15, -0.1) is 5.52 Å². The molecule has 0 amide bonds. The Morgan fingerprint density at radius 3 is 2.37 bits per heavy atom. The Bertz CT molecular complexity index is 1800. The van der Waals surface area contributed by atoms with Crippen molar-refractivity contribution in [1.29, 1.82) is 0 Å². The summed E-state index contributed by atoms with van der Waals surface area (Å²) in [5.41, 5.74) is 6.95. The molecule has 0 aliphatic heterocycles. The van der Waals surface area contributed by atoms with Gasteiger partial charge in [0.2, 0.25) is 0 Å². The van der Waals surface area contributed by atoms with E-state index < -0.39 is 5.97 Å². The second kappa shape index (κ2) is 9.70. The van der Waals surface area contributed by atoms with Crippen LogP contribution in [0, 0.1) is 0 Å². The molecule has 0 spiro atoms. The van der Waals surface area contributed by atoms with Crippen LogP contribution in [0.1, 0.15) is 36.8 Å². The van der Waals surface area contributed by atoms with Crippen LogP contribution in [0.15, 0.2) is 91.1 Å². The van der Waals surface area contributed by atoms with Gasteiger partial charge in [0.15, 0.2) is 0 Å². The summed E-state index contributed by atoms with van der Waals surface area (Å²) in [6, 6.07) is 27.5. The molecule has 0 aliphatic rings. The molecular formula is C31H25N4O2Pt-. The molecule has 0 radical (unpaired) electrons. The monoisotopic (exact) mass is 680 g/mol. The molecule has 0 atom stereocenters. The Labute approximate surface area is 234 Å². The van der Waals surface area contributed by atoms with Crippen molar-refractivity contribution in [3.8, 4) is 28.3 Å². The van der Waals surface area contributed by atoms with Gasteiger partial charge in [0.25, 0.3) is 0 Å². The number of hydrogen-bond donors (Lipinski definition) is 1. The van der Waals surface area contributed by atoms with Crippen LogP contribution in [0.5, 0.6) is 0 Å². The Hall–Kier alpha value is -4.02. The normalized spacial score (nSPS) is 11.6. The van der Waals surface area contributed by atoms with Gasteiger partial charge in [-0.2, -0.15) is 6.20 Å². The summed E-state index contributed by atoms with van der Waals surface area (Å²) in [5.74, 6) is -0.286. The number of aromatic nitrogens is 4. The molecule has 6 rings (SSSR count). The fourth-order valence-electron chi connectivity index (χ4n) is 4.75. The van der Waals surface area contributed by atoms with E-state index in [0.29, 0.717) is 5.69 Å². The van der Waals surface area contributed by atoms with E-state index in [-0.39, 0.29) is 32.2 Å². The van der Waals surface area contributed by atoms with Crippen molar-refractivity contribution in [3.63, 3.8) is 0 Å². The summed E-state index contributed by atoms with van der Waals surface area (Å²) in [5, 5.41) is 10.6. The Morgan fingerprint density at radius 1 is 0.868 bits per heavy atom. The molecule has 0 aliphatic carbocycles. The first kappa shape index (κ1) is 25.6. The molecule has 7 heteroatoms. The van der Waals surface area contributed by atoms with Gasteiger partial charge in [0, 0.05) is 37.9 Å². The van der Waals surface area contributed by atoms with Crippen LogP contribution in [0.3, 0.4) is 0 Å². The Kier molecular flexibility index (Phi) is 6.54. The van der Waals surface area contributed by atoms with E-state index in [2.05, 4.69) is 54.6 Å². The molecule has 3 aromatic carbocycles. The molecule has 0 fully saturated rings. The van der Waals surface area contributed by atoms with Crippen molar-refractivity contribution >= 4 is 27.9 Å². The number of imidazole rings is 1. The van der Waals surface area contributed by atoms with E-state index in [9.17, 15) is 9.90 Å². The number of hydrogen-bond acceptors (Lipinski definition) is 3. The van der Waals surface area contributed by atoms with Crippen molar-refractivity contribution in [2.24, 2.45) is 0 Å². The van der Waals surface area contributed by atoms with Crippen LogP contribution in [0.2, 0.25) is 0 Å².